The van der Waals surface area contributed by atoms with Gasteiger partial charge in [0.2, 0.25) is 17.7 Å². The molecule has 0 bridgehead atoms. The molecule has 4 atom stereocenters. The highest BCUT2D eigenvalue weighted by molar-refractivity contribution is 6.05. The number of piperidine rings is 1. The summed E-state index contributed by atoms with van der Waals surface area (Å²) < 4.78 is 11.4. The maximum absolute atomic E-state index is 13.6. The SMILES string of the molecule is CC(C)(C)OC(=O)N[C@H](C(=O)N1C[C@H](OCCCCCCC#Cc2cccc3c2CN(C2CCC(=O)NC2=O)C3=O)C[C@H]1C(=O)O)C(C)(C)C. The van der Waals surface area contributed by atoms with E-state index in [0.717, 1.165) is 36.8 Å². The van der Waals surface area contributed by atoms with Gasteiger partial charge in [-0.05, 0) is 63.1 Å². The Morgan fingerprint density at radius 3 is 2.44 bits per heavy atom. The number of benzene rings is 1. The monoisotopic (exact) mass is 694 g/mol. The number of carbonyl (C=O) groups is 6. The first-order chi connectivity index (χ1) is 23.5. The molecule has 13 heteroatoms. The van der Waals surface area contributed by atoms with Crippen LogP contribution in [0.3, 0.4) is 0 Å². The lowest BCUT2D eigenvalue weighted by Crippen LogP contribution is -2.57. The fourth-order valence-electron chi connectivity index (χ4n) is 6.42. The van der Waals surface area contributed by atoms with Crippen LogP contribution in [0.4, 0.5) is 4.79 Å². The van der Waals surface area contributed by atoms with E-state index in [9.17, 15) is 33.9 Å². The number of likely N-dealkylation sites (tertiary alicyclic amines) is 1. The van der Waals surface area contributed by atoms with Crippen molar-refractivity contribution in [2.75, 3.05) is 13.2 Å². The first kappa shape index (κ1) is 38.4. The van der Waals surface area contributed by atoms with Crippen LogP contribution in [-0.2, 0) is 35.2 Å². The summed E-state index contributed by atoms with van der Waals surface area (Å²) in [6, 6.07) is 2.69. The predicted molar refractivity (Wildman–Crippen MR) is 183 cm³/mol. The van der Waals surface area contributed by atoms with E-state index in [1.807, 2.05) is 6.07 Å². The van der Waals surface area contributed by atoms with Crippen molar-refractivity contribution >= 4 is 35.7 Å². The number of nitrogens with one attached hydrogen (secondary N) is 2. The highest BCUT2D eigenvalue weighted by Gasteiger charge is 2.46. The first-order valence-corrected chi connectivity index (χ1v) is 17.4. The number of aliphatic carboxylic acids is 1. The zero-order valence-electron chi connectivity index (χ0n) is 29.9. The van der Waals surface area contributed by atoms with Crippen molar-refractivity contribution in [2.45, 2.75) is 129 Å². The number of nitrogens with zero attached hydrogens (tertiary/aromatic N) is 2. The van der Waals surface area contributed by atoms with Gasteiger partial charge in [0.15, 0.2) is 0 Å². The van der Waals surface area contributed by atoms with E-state index in [0.29, 0.717) is 25.0 Å². The van der Waals surface area contributed by atoms with Crippen LogP contribution in [0.2, 0.25) is 0 Å². The summed E-state index contributed by atoms with van der Waals surface area (Å²) in [4.78, 5) is 78.0. The van der Waals surface area contributed by atoms with Crippen LogP contribution in [0.1, 0.15) is 114 Å². The minimum atomic E-state index is -1.12. The van der Waals surface area contributed by atoms with Gasteiger partial charge in [-0.1, -0.05) is 51.5 Å². The van der Waals surface area contributed by atoms with Crippen molar-refractivity contribution in [3.05, 3.63) is 34.9 Å². The third-order valence-corrected chi connectivity index (χ3v) is 8.96. The number of imide groups is 1. The first-order valence-electron chi connectivity index (χ1n) is 17.4. The Hall–Kier alpha value is -4.44. The maximum atomic E-state index is 13.6. The maximum Gasteiger partial charge on any atom is 0.408 e. The van der Waals surface area contributed by atoms with Crippen molar-refractivity contribution in [1.82, 2.24) is 20.4 Å². The second kappa shape index (κ2) is 16.1. The van der Waals surface area contributed by atoms with Gasteiger partial charge in [0.25, 0.3) is 5.91 Å². The molecule has 2 fully saturated rings. The van der Waals surface area contributed by atoms with Gasteiger partial charge in [0, 0.05) is 50.1 Å². The van der Waals surface area contributed by atoms with Crippen LogP contribution in [0, 0.1) is 17.3 Å². The molecule has 272 valence electrons. The Labute approximate surface area is 293 Å². The molecule has 3 heterocycles. The molecule has 4 rings (SSSR count). The zero-order chi connectivity index (χ0) is 36.8. The summed E-state index contributed by atoms with van der Waals surface area (Å²) in [5, 5.41) is 14.9. The fraction of sp³-hybridized carbons (Fsp3) is 0.622. The lowest BCUT2D eigenvalue weighted by atomic mass is 9.85. The number of alkyl carbamates (subject to hydrolysis) is 1. The molecule has 13 nitrogen and oxygen atoms in total. The molecule has 1 aromatic rings. The number of hydrogen-bond donors (Lipinski definition) is 3. The largest absolute Gasteiger partial charge is 0.480 e. The lowest BCUT2D eigenvalue weighted by Gasteiger charge is -2.35. The number of fused-ring (bicyclic) bond motifs is 1. The highest BCUT2D eigenvalue weighted by atomic mass is 16.6. The normalized spacial score (nSPS) is 21.2. The molecule has 0 aromatic heterocycles. The molecular weight excluding hydrogens is 644 g/mol. The number of carboxylic acid groups (broad SMARTS) is 1. The Kier molecular flexibility index (Phi) is 12.3. The Morgan fingerprint density at radius 2 is 1.78 bits per heavy atom. The topological polar surface area (TPSA) is 172 Å². The molecular formula is C37H50N4O9. The summed E-state index contributed by atoms with van der Waals surface area (Å²) in [5.74, 6) is 3.81. The second-order valence-corrected chi connectivity index (χ2v) is 15.2. The molecule has 3 aliphatic rings. The minimum absolute atomic E-state index is 0.119. The molecule has 5 amide bonds. The number of carbonyl (C=O) groups excluding carboxylic acids is 5. The summed E-state index contributed by atoms with van der Waals surface area (Å²) in [5.41, 5.74) is 0.654. The third-order valence-electron chi connectivity index (χ3n) is 8.96. The van der Waals surface area contributed by atoms with Gasteiger partial charge < -0.3 is 29.7 Å². The molecule has 2 saturated heterocycles. The molecule has 0 saturated carbocycles. The smallest absolute Gasteiger partial charge is 0.408 e. The standard InChI is InChI=1S/C37H50N4O9/c1-36(2,3)30(39-35(48)50-37(4,5)6)33(45)40-21-24(20-28(40)34(46)47)49-19-12-10-8-7-9-11-14-23-15-13-16-25-26(23)22-41(32(25)44)27-17-18-29(42)38-31(27)43/h13,15-16,24,27-28,30H,7-10,12,17-22H2,1-6H3,(H,39,48)(H,46,47)(H,38,42,43)/t24-,27?,28+,30-/m1/s1. The van der Waals surface area contributed by atoms with Crippen LogP contribution in [0.15, 0.2) is 18.2 Å². The molecule has 0 radical (unpaired) electrons. The minimum Gasteiger partial charge on any atom is -0.480 e. The Morgan fingerprint density at radius 1 is 1.06 bits per heavy atom. The van der Waals surface area contributed by atoms with Crippen molar-refractivity contribution in [2.24, 2.45) is 5.41 Å². The molecule has 3 aliphatic heterocycles. The van der Waals surface area contributed by atoms with Crippen molar-refractivity contribution in [3.63, 3.8) is 0 Å². The van der Waals surface area contributed by atoms with Gasteiger partial charge in [-0.3, -0.25) is 24.5 Å². The summed E-state index contributed by atoms with van der Waals surface area (Å²) >= 11 is 0. The molecule has 1 aromatic carbocycles. The molecule has 3 N–H and O–H groups in total. The van der Waals surface area contributed by atoms with Gasteiger partial charge in [0.05, 0.1) is 6.10 Å². The van der Waals surface area contributed by atoms with Gasteiger partial charge in [0.1, 0.15) is 23.7 Å². The van der Waals surface area contributed by atoms with Crippen LogP contribution >= 0.6 is 0 Å². The van der Waals surface area contributed by atoms with Crippen molar-refractivity contribution < 1.29 is 43.3 Å². The second-order valence-electron chi connectivity index (χ2n) is 15.2. The van der Waals surface area contributed by atoms with Crippen molar-refractivity contribution in [3.8, 4) is 11.8 Å². The van der Waals surface area contributed by atoms with E-state index in [2.05, 4.69) is 22.5 Å². The summed E-state index contributed by atoms with van der Waals surface area (Å²) in [6.45, 7) is 11.4. The summed E-state index contributed by atoms with van der Waals surface area (Å²) in [6.07, 6.45) is 3.62. The van der Waals surface area contributed by atoms with E-state index in [4.69, 9.17) is 9.47 Å². The van der Waals surface area contributed by atoms with Gasteiger partial charge >= 0.3 is 12.1 Å². The van der Waals surface area contributed by atoms with Crippen LogP contribution in [-0.4, -0.2) is 93.6 Å². The van der Waals surface area contributed by atoms with E-state index >= 15 is 0 Å². The average Bonchev–Trinajstić information content (AvgIpc) is 3.59. The summed E-state index contributed by atoms with van der Waals surface area (Å²) in [7, 11) is 0. The number of hydrogen-bond acceptors (Lipinski definition) is 8. The number of unbranched alkanes of at least 4 members (excludes halogenated alkanes) is 4. The average molecular weight is 695 g/mol. The molecule has 0 aliphatic carbocycles. The Balaban J connectivity index is 1.20. The Bertz CT molecular complexity index is 1550. The molecule has 1 unspecified atom stereocenters. The quantitative estimate of drug-likeness (QED) is 0.177. The van der Waals surface area contributed by atoms with E-state index in [1.165, 1.54) is 9.80 Å². The lowest BCUT2D eigenvalue weighted by molar-refractivity contribution is -0.150. The third kappa shape index (κ3) is 9.84. The molecule has 0 spiro atoms. The van der Waals surface area contributed by atoms with E-state index in [-0.39, 0.29) is 37.7 Å². The van der Waals surface area contributed by atoms with Crippen LogP contribution in [0.5, 0.6) is 0 Å². The molecule has 50 heavy (non-hydrogen) atoms. The zero-order valence-corrected chi connectivity index (χ0v) is 29.9. The van der Waals surface area contributed by atoms with E-state index < -0.39 is 59.1 Å². The van der Waals surface area contributed by atoms with Crippen LogP contribution < -0.4 is 10.6 Å². The number of amides is 5. The highest BCUT2D eigenvalue weighted by Crippen LogP contribution is 2.30. The van der Waals surface area contributed by atoms with Crippen LogP contribution in [0.25, 0.3) is 0 Å². The predicted octanol–water partition coefficient (Wildman–Crippen LogP) is 3.76. The van der Waals surface area contributed by atoms with Gasteiger partial charge in [-0.2, -0.15) is 0 Å². The van der Waals surface area contributed by atoms with E-state index in [1.54, 1.807) is 53.7 Å². The van der Waals surface area contributed by atoms with Gasteiger partial charge in [-0.25, -0.2) is 9.59 Å². The number of ether oxygens (including phenoxy) is 2. The van der Waals surface area contributed by atoms with Gasteiger partial charge in [-0.15, -0.1) is 0 Å². The number of carboxylic acids is 1. The number of rotatable bonds is 11. The fourth-order valence-corrected chi connectivity index (χ4v) is 6.42. The van der Waals surface area contributed by atoms with Crippen molar-refractivity contribution in [1.29, 1.82) is 0 Å².